The lowest BCUT2D eigenvalue weighted by atomic mass is 10.1. The van der Waals surface area contributed by atoms with Crippen molar-refractivity contribution in [2.75, 3.05) is 13.1 Å². The van der Waals surface area contributed by atoms with Crippen molar-refractivity contribution in [1.29, 1.82) is 0 Å². The summed E-state index contributed by atoms with van der Waals surface area (Å²) < 4.78 is 0. The van der Waals surface area contributed by atoms with Crippen LogP contribution in [-0.4, -0.2) is 45.9 Å². The van der Waals surface area contributed by atoms with Gasteiger partial charge in [-0.1, -0.05) is 12.1 Å². The topological polar surface area (TPSA) is 58.1 Å². The number of nitrogens with zero attached hydrogens (tertiary/aromatic N) is 3. The van der Waals surface area contributed by atoms with Crippen LogP contribution in [0.3, 0.4) is 0 Å². The number of hydrogen-bond donors (Lipinski definition) is 1. The third-order valence-electron chi connectivity index (χ3n) is 3.51. The normalized spacial score (nSPS) is 23.0. The molecule has 1 aliphatic rings. The van der Waals surface area contributed by atoms with Crippen LogP contribution in [0.4, 0.5) is 0 Å². The first-order valence-corrected chi connectivity index (χ1v) is 6.90. The maximum atomic E-state index is 12.5. The molecule has 1 fully saturated rings. The van der Waals surface area contributed by atoms with E-state index in [1.54, 1.807) is 6.20 Å². The van der Waals surface area contributed by atoms with E-state index in [1.165, 1.54) is 0 Å². The molecule has 0 radical (unpaired) electrons. The molecule has 2 unspecified atom stereocenters. The second-order valence-corrected chi connectivity index (χ2v) is 5.42. The second-order valence-electron chi connectivity index (χ2n) is 5.42. The lowest BCUT2D eigenvalue weighted by Gasteiger charge is -2.35. The fraction of sp³-hybridized carbons (Fsp3) is 0.400. The summed E-state index contributed by atoms with van der Waals surface area (Å²) in [4.78, 5) is 23.1. The van der Waals surface area contributed by atoms with Gasteiger partial charge in [-0.05, 0) is 26.0 Å². The highest BCUT2D eigenvalue weighted by Crippen LogP contribution is 2.12. The molecule has 5 nitrogen and oxygen atoms in total. The molecular formula is C15H18N4O. The number of rotatable bonds is 1. The van der Waals surface area contributed by atoms with E-state index in [-0.39, 0.29) is 5.91 Å². The summed E-state index contributed by atoms with van der Waals surface area (Å²) in [6, 6.07) is 8.19. The van der Waals surface area contributed by atoms with Gasteiger partial charge in [-0.3, -0.25) is 9.78 Å². The number of carbonyl (C=O) groups is 1. The van der Waals surface area contributed by atoms with Crippen molar-refractivity contribution < 1.29 is 4.79 Å². The van der Waals surface area contributed by atoms with Gasteiger partial charge in [-0.2, -0.15) is 0 Å². The van der Waals surface area contributed by atoms with Crippen LogP contribution >= 0.6 is 0 Å². The van der Waals surface area contributed by atoms with Crippen molar-refractivity contribution in [3.63, 3.8) is 0 Å². The third-order valence-corrected chi connectivity index (χ3v) is 3.51. The molecule has 2 aromatic rings. The number of amides is 1. The summed E-state index contributed by atoms with van der Waals surface area (Å²) in [7, 11) is 0. The number of hydrogen-bond acceptors (Lipinski definition) is 4. The summed E-state index contributed by atoms with van der Waals surface area (Å²) in [5.74, 6) is -0.0385. The maximum absolute atomic E-state index is 12.5. The maximum Gasteiger partial charge on any atom is 0.274 e. The van der Waals surface area contributed by atoms with Crippen molar-refractivity contribution in [3.8, 4) is 0 Å². The summed E-state index contributed by atoms with van der Waals surface area (Å²) in [6.07, 6.45) is 1.57. The largest absolute Gasteiger partial charge is 0.334 e. The van der Waals surface area contributed by atoms with Crippen LogP contribution in [0, 0.1) is 0 Å². The minimum atomic E-state index is -0.0385. The van der Waals surface area contributed by atoms with Crippen molar-refractivity contribution in [1.82, 2.24) is 20.2 Å². The van der Waals surface area contributed by atoms with E-state index in [2.05, 4.69) is 29.1 Å². The fourth-order valence-electron chi connectivity index (χ4n) is 2.71. The minimum absolute atomic E-state index is 0.0385. The van der Waals surface area contributed by atoms with Gasteiger partial charge in [-0.15, -0.1) is 0 Å². The van der Waals surface area contributed by atoms with Crippen LogP contribution in [-0.2, 0) is 0 Å². The van der Waals surface area contributed by atoms with Gasteiger partial charge in [0.2, 0.25) is 0 Å². The Morgan fingerprint density at radius 1 is 1.20 bits per heavy atom. The molecule has 0 saturated carbocycles. The van der Waals surface area contributed by atoms with Crippen molar-refractivity contribution in [2.45, 2.75) is 25.9 Å². The Balaban J connectivity index is 1.88. The number of benzene rings is 1. The van der Waals surface area contributed by atoms with Gasteiger partial charge >= 0.3 is 0 Å². The molecule has 3 rings (SSSR count). The van der Waals surface area contributed by atoms with Crippen LogP contribution < -0.4 is 5.32 Å². The number of carbonyl (C=O) groups excluding carboxylic acids is 1. The summed E-state index contributed by atoms with van der Waals surface area (Å²) in [5, 5.41) is 3.42. The smallest absolute Gasteiger partial charge is 0.274 e. The Morgan fingerprint density at radius 2 is 1.85 bits per heavy atom. The van der Waals surface area contributed by atoms with Gasteiger partial charge < -0.3 is 10.2 Å². The quantitative estimate of drug-likeness (QED) is 0.852. The van der Waals surface area contributed by atoms with Gasteiger partial charge in [0, 0.05) is 25.2 Å². The molecule has 0 bridgehead atoms. The van der Waals surface area contributed by atoms with Gasteiger partial charge in [-0.25, -0.2) is 4.98 Å². The highest BCUT2D eigenvalue weighted by Gasteiger charge is 2.26. The van der Waals surface area contributed by atoms with E-state index in [9.17, 15) is 4.79 Å². The first-order chi connectivity index (χ1) is 9.63. The van der Waals surface area contributed by atoms with Crippen LogP contribution in [0.2, 0.25) is 0 Å². The zero-order chi connectivity index (χ0) is 14.1. The predicted octanol–water partition coefficient (Wildman–Crippen LogP) is 1.45. The van der Waals surface area contributed by atoms with Crippen LogP contribution in [0.1, 0.15) is 24.3 Å². The zero-order valence-corrected chi connectivity index (χ0v) is 11.7. The molecule has 1 amide bonds. The summed E-state index contributed by atoms with van der Waals surface area (Å²) in [5.41, 5.74) is 1.99. The van der Waals surface area contributed by atoms with Gasteiger partial charge in [0.1, 0.15) is 5.69 Å². The number of aromatic nitrogens is 2. The zero-order valence-electron chi connectivity index (χ0n) is 11.7. The molecule has 0 spiro atoms. The molecule has 5 heteroatoms. The third kappa shape index (κ3) is 2.49. The molecule has 104 valence electrons. The van der Waals surface area contributed by atoms with E-state index >= 15 is 0 Å². The summed E-state index contributed by atoms with van der Waals surface area (Å²) >= 11 is 0. The highest BCUT2D eigenvalue weighted by atomic mass is 16.2. The first-order valence-electron chi connectivity index (χ1n) is 6.90. The molecule has 1 aromatic carbocycles. The monoisotopic (exact) mass is 270 g/mol. The Hall–Kier alpha value is -2.01. The Labute approximate surface area is 118 Å². The molecule has 2 atom stereocenters. The molecule has 2 heterocycles. The number of para-hydroxylation sites is 2. The second kappa shape index (κ2) is 5.17. The number of piperazine rings is 1. The highest BCUT2D eigenvalue weighted by molar-refractivity contribution is 5.93. The van der Waals surface area contributed by atoms with Gasteiger partial charge in [0.25, 0.3) is 5.91 Å². The molecule has 20 heavy (non-hydrogen) atoms. The Bertz CT molecular complexity index is 633. The van der Waals surface area contributed by atoms with Gasteiger partial charge in [0.05, 0.1) is 17.2 Å². The lowest BCUT2D eigenvalue weighted by molar-refractivity contribution is 0.0668. The molecule has 1 aromatic heterocycles. The molecule has 1 N–H and O–H groups in total. The SMILES string of the molecule is CC1CN(C(=O)c2cnc3ccccc3n2)CC(C)N1. The average Bonchev–Trinajstić information content (AvgIpc) is 2.45. The van der Waals surface area contributed by atoms with Crippen molar-refractivity contribution >= 4 is 16.9 Å². The van der Waals surface area contributed by atoms with E-state index in [0.29, 0.717) is 30.9 Å². The van der Waals surface area contributed by atoms with E-state index in [4.69, 9.17) is 0 Å². The summed E-state index contributed by atoms with van der Waals surface area (Å²) in [6.45, 7) is 5.58. The van der Waals surface area contributed by atoms with Crippen molar-refractivity contribution in [3.05, 3.63) is 36.2 Å². The predicted molar refractivity (Wildman–Crippen MR) is 77.5 cm³/mol. The van der Waals surface area contributed by atoms with E-state index < -0.39 is 0 Å². The molecule has 0 aliphatic carbocycles. The number of fused-ring (bicyclic) bond motifs is 1. The average molecular weight is 270 g/mol. The number of nitrogens with one attached hydrogen (secondary N) is 1. The molecular weight excluding hydrogens is 252 g/mol. The fourth-order valence-corrected chi connectivity index (χ4v) is 2.71. The first kappa shape index (κ1) is 13.0. The standard InChI is InChI=1S/C15H18N4O/c1-10-8-19(9-11(2)17-10)15(20)14-7-16-12-5-3-4-6-13(12)18-14/h3-7,10-11,17H,8-9H2,1-2H3. The molecule has 1 saturated heterocycles. The van der Waals surface area contributed by atoms with Crippen LogP contribution in [0.5, 0.6) is 0 Å². The van der Waals surface area contributed by atoms with E-state index in [0.717, 1.165) is 11.0 Å². The van der Waals surface area contributed by atoms with E-state index in [1.807, 2.05) is 29.2 Å². The lowest BCUT2D eigenvalue weighted by Crippen LogP contribution is -2.55. The van der Waals surface area contributed by atoms with Crippen LogP contribution in [0.15, 0.2) is 30.5 Å². The Morgan fingerprint density at radius 3 is 2.55 bits per heavy atom. The minimum Gasteiger partial charge on any atom is -0.334 e. The van der Waals surface area contributed by atoms with Crippen LogP contribution in [0.25, 0.3) is 11.0 Å². The Kier molecular flexibility index (Phi) is 3.36. The van der Waals surface area contributed by atoms with Gasteiger partial charge in [0.15, 0.2) is 0 Å². The molecule has 1 aliphatic heterocycles. The van der Waals surface area contributed by atoms with Crippen molar-refractivity contribution in [2.24, 2.45) is 0 Å².